The van der Waals surface area contributed by atoms with Gasteiger partial charge in [-0.2, -0.15) is 0 Å². The Morgan fingerprint density at radius 2 is 2.07 bits per heavy atom. The number of aryl methyl sites for hydroxylation is 1. The standard InChI is InChI=1S/C12H21N3/c1-9(2)7-14-8-11-5-6-12(13-4)15-10(11)3/h5-6,9,14H,7-8H2,1-4H3,(H,13,15). The molecule has 0 unspecified atom stereocenters. The van der Waals surface area contributed by atoms with Crippen LogP contribution in [0.15, 0.2) is 12.1 Å². The molecule has 2 N–H and O–H groups in total. The molecule has 0 aliphatic carbocycles. The SMILES string of the molecule is CNc1ccc(CNCC(C)C)c(C)n1. The third kappa shape index (κ3) is 3.88. The highest BCUT2D eigenvalue weighted by atomic mass is 15.0. The Hall–Kier alpha value is -1.09. The predicted octanol–water partition coefficient (Wildman–Crippen LogP) is 2.18. The summed E-state index contributed by atoms with van der Waals surface area (Å²) in [5, 5.41) is 6.46. The van der Waals surface area contributed by atoms with Crippen molar-refractivity contribution in [1.29, 1.82) is 0 Å². The van der Waals surface area contributed by atoms with Crippen LogP contribution in [-0.2, 0) is 6.54 Å². The highest BCUT2D eigenvalue weighted by Gasteiger charge is 2.01. The lowest BCUT2D eigenvalue weighted by molar-refractivity contribution is 0.551. The lowest BCUT2D eigenvalue weighted by Gasteiger charge is -2.10. The maximum atomic E-state index is 4.44. The first-order chi connectivity index (χ1) is 7.13. The minimum atomic E-state index is 0.690. The fraction of sp³-hybridized carbons (Fsp3) is 0.583. The Bertz CT molecular complexity index is 308. The predicted molar refractivity (Wildman–Crippen MR) is 65.1 cm³/mol. The molecule has 1 rings (SSSR count). The van der Waals surface area contributed by atoms with Crippen molar-refractivity contribution in [2.24, 2.45) is 5.92 Å². The Morgan fingerprint density at radius 1 is 1.33 bits per heavy atom. The molecule has 0 saturated carbocycles. The van der Waals surface area contributed by atoms with E-state index in [-0.39, 0.29) is 0 Å². The third-order valence-corrected chi connectivity index (χ3v) is 2.32. The van der Waals surface area contributed by atoms with Crippen LogP contribution in [0.2, 0.25) is 0 Å². The van der Waals surface area contributed by atoms with Gasteiger partial charge in [0.1, 0.15) is 5.82 Å². The van der Waals surface area contributed by atoms with Crippen molar-refractivity contribution in [3.63, 3.8) is 0 Å². The molecule has 1 aromatic rings. The molecule has 0 aliphatic rings. The first-order valence-electron chi connectivity index (χ1n) is 5.48. The van der Waals surface area contributed by atoms with E-state index >= 15 is 0 Å². The van der Waals surface area contributed by atoms with Gasteiger partial charge in [-0.1, -0.05) is 19.9 Å². The third-order valence-electron chi connectivity index (χ3n) is 2.32. The Balaban J connectivity index is 2.54. The summed E-state index contributed by atoms with van der Waals surface area (Å²) in [6, 6.07) is 4.14. The molecule has 0 bridgehead atoms. The van der Waals surface area contributed by atoms with Gasteiger partial charge >= 0.3 is 0 Å². The Morgan fingerprint density at radius 3 is 2.60 bits per heavy atom. The highest BCUT2D eigenvalue weighted by molar-refractivity contribution is 5.37. The van der Waals surface area contributed by atoms with Crippen LogP contribution in [-0.4, -0.2) is 18.6 Å². The summed E-state index contributed by atoms with van der Waals surface area (Å²) in [5.41, 5.74) is 2.37. The summed E-state index contributed by atoms with van der Waals surface area (Å²) in [7, 11) is 1.89. The molecular formula is C12H21N3. The lowest BCUT2D eigenvalue weighted by Crippen LogP contribution is -2.19. The van der Waals surface area contributed by atoms with Crippen molar-refractivity contribution in [1.82, 2.24) is 10.3 Å². The monoisotopic (exact) mass is 207 g/mol. The van der Waals surface area contributed by atoms with E-state index in [1.165, 1.54) is 5.56 Å². The minimum Gasteiger partial charge on any atom is -0.373 e. The number of nitrogens with zero attached hydrogens (tertiary/aromatic N) is 1. The molecule has 3 heteroatoms. The lowest BCUT2D eigenvalue weighted by atomic mass is 10.2. The second-order valence-corrected chi connectivity index (χ2v) is 4.22. The van der Waals surface area contributed by atoms with Gasteiger partial charge in [0.05, 0.1) is 0 Å². The smallest absolute Gasteiger partial charge is 0.125 e. The van der Waals surface area contributed by atoms with Crippen LogP contribution < -0.4 is 10.6 Å². The van der Waals surface area contributed by atoms with Gasteiger partial charge < -0.3 is 10.6 Å². The second-order valence-electron chi connectivity index (χ2n) is 4.22. The molecule has 0 fully saturated rings. The van der Waals surface area contributed by atoms with E-state index in [0.29, 0.717) is 5.92 Å². The summed E-state index contributed by atoms with van der Waals surface area (Å²) in [4.78, 5) is 4.44. The molecule has 15 heavy (non-hydrogen) atoms. The molecule has 1 heterocycles. The molecule has 0 saturated heterocycles. The average molecular weight is 207 g/mol. The molecule has 0 atom stereocenters. The quantitative estimate of drug-likeness (QED) is 0.777. The minimum absolute atomic E-state index is 0.690. The fourth-order valence-corrected chi connectivity index (χ4v) is 1.41. The Labute approximate surface area is 92.3 Å². The fourth-order valence-electron chi connectivity index (χ4n) is 1.41. The zero-order valence-corrected chi connectivity index (χ0v) is 10.1. The number of hydrogen-bond acceptors (Lipinski definition) is 3. The van der Waals surface area contributed by atoms with Crippen molar-refractivity contribution in [3.05, 3.63) is 23.4 Å². The van der Waals surface area contributed by atoms with Crippen molar-refractivity contribution >= 4 is 5.82 Å². The summed E-state index contributed by atoms with van der Waals surface area (Å²) >= 11 is 0. The summed E-state index contributed by atoms with van der Waals surface area (Å²) in [6.45, 7) is 8.42. The highest BCUT2D eigenvalue weighted by Crippen LogP contribution is 2.09. The van der Waals surface area contributed by atoms with Crippen molar-refractivity contribution in [2.45, 2.75) is 27.3 Å². The van der Waals surface area contributed by atoms with Crippen LogP contribution in [0.4, 0.5) is 5.82 Å². The summed E-state index contributed by atoms with van der Waals surface area (Å²) in [6.07, 6.45) is 0. The zero-order valence-electron chi connectivity index (χ0n) is 10.1. The maximum absolute atomic E-state index is 4.44. The second kappa shape index (κ2) is 5.71. The van der Waals surface area contributed by atoms with Gasteiger partial charge in [0, 0.05) is 19.3 Å². The Kier molecular flexibility index (Phi) is 4.56. The van der Waals surface area contributed by atoms with E-state index in [1.54, 1.807) is 0 Å². The van der Waals surface area contributed by atoms with E-state index in [4.69, 9.17) is 0 Å². The summed E-state index contributed by atoms with van der Waals surface area (Å²) < 4.78 is 0. The molecule has 0 amide bonds. The molecule has 0 aliphatic heterocycles. The molecular weight excluding hydrogens is 186 g/mol. The van der Waals surface area contributed by atoms with Gasteiger partial charge in [-0.25, -0.2) is 4.98 Å². The number of hydrogen-bond donors (Lipinski definition) is 2. The molecule has 84 valence electrons. The van der Waals surface area contributed by atoms with E-state index in [1.807, 2.05) is 20.0 Å². The number of pyridine rings is 1. The van der Waals surface area contributed by atoms with Gasteiger partial charge in [0.2, 0.25) is 0 Å². The van der Waals surface area contributed by atoms with Crippen LogP contribution in [0.25, 0.3) is 0 Å². The van der Waals surface area contributed by atoms with Crippen LogP contribution in [0.3, 0.4) is 0 Å². The van der Waals surface area contributed by atoms with E-state index < -0.39 is 0 Å². The molecule has 0 spiro atoms. The van der Waals surface area contributed by atoms with E-state index in [2.05, 4.69) is 35.5 Å². The molecule has 3 nitrogen and oxygen atoms in total. The molecule has 0 radical (unpaired) electrons. The van der Waals surface area contributed by atoms with Crippen molar-refractivity contribution < 1.29 is 0 Å². The van der Waals surface area contributed by atoms with Crippen molar-refractivity contribution in [2.75, 3.05) is 18.9 Å². The van der Waals surface area contributed by atoms with Crippen LogP contribution in [0.5, 0.6) is 0 Å². The number of rotatable bonds is 5. The first-order valence-corrected chi connectivity index (χ1v) is 5.48. The normalized spacial score (nSPS) is 10.7. The van der Waals surface area contributed by atoms with Crippen LogP contribution in [0, 0.1) is 12.8 Å². The van der Waals surface area contributed by atoms with Crippen molar-refractivity contribution in [3.8, 4) is 0 Å². The van der Waals surface area contributed by atoms with Crippen LogP contribution >= 0.6 is 0 Å². The number of nitrogens with one attached hydrogen (secondary N) is 2. The first kappa shape index (κ1) is 12.0. The maximum Gasteiger partial charge on any atom is 0.125 e. The van der Waals surface area contributed by atoms with Crippen LogP contribution in [0.1, 0.15) is 25.1 Å². The van der Waals surface area contributed by atoms with E-state index in [9.17, 15) is 0 Å². The van der Waals surface area contributed by atoms with Gasteiger partial charge in [0.25, 0.3) is 0 Å². The van der Waals surface area contributed by atoms with E-state index in [0.717, 1.165) is 24.6 Å². The van der Waals surface area contributed by atoms with Gasteiger partial charge in [-0.15, -0.1) is 0 Å². The zero-order chi connectivity index (χ0) is 11.3. The average Bonchev–Trinajstić information content (AvgIpc) is 2.20. The van der Waals surface area contributed by atoms with Gasteiger partial charge in [-0.3, -0.25) is 0 Å². The topological polar surface area (TPSA) is 37.0 Å². The van der Waals surface area contributed by atoms with Gasteiger partial charge in [0.15, 0.2) is 0 Å². The van der Waals surface area contributed by atoms with Gasteiger partial charge in [-0.05, 0) is 31.0 Å². The molecule has 1 aromatic heterocycles. The number of anilines is 1. The molecule has 0 aromatic carbocycles. The summed E-state index contributed by atoms with van der Waals surface area (Å²) in [5.74, 6) is 1.62. The largest absolute Gasteiger partial charge is 0.373 e. The number of aromatic nitrogens is 1.